The van der Waals surface area contributed by atoms with Gasteiger partial charge in [-0.2, -0.15) is 0 Å². The highest BCUT2D eigenvalue weighted by atomic mass is 16.7. The van der Waals surface area contributed by atoms with Gasteiger partial charge in [-0.15, -0.1) is 6.42 Å². The smallest absolute Gasteiger partial charge is 0.247 e. The van der Waals surface area contributed by atoms with Crippen molar-refractivity contribution in [1.82, 2.24) is 14.9 Å². The first-order valence-electron chi connectivity index (χ1n) is 14.0. The SMILES string of the molecule is C#Cc1cccc([C@H]2CCON2c2cc(Nc3cc(NC(=O)C=C)c(N4CCC(N(C)C)CC4)cc3OC)ncn2)c1. The largest absolute Gasteiger partial charge is 0.494 e. The van der Waals surface area contributed by atoms with E-state index in [0.717, 1.165) is 49.2 Å². The van der Waals surface area contributed by atoms with Gasteiger partial charge in [-0.05, 0) is 56.8 Å². The van der Waals surface area contributed by atoms with Crippen molar-refractivity contribution in [3.05, 3.63) is 72.6 Å². The molecular weight excluding hydrogens is 530 g/mol. The quantitative estimate of drug-likeness (QED) is 0.281. The van der Waals surface area contributed by atoms with Gasteiger partial charge < -0.3 is 25.2 Å². The van der Waals surface area contributed by atoms with Gasteiger partial charge in [0.05, 0.1) is 36.8 Å². The molecule has 2 fully saturated rings. The Morgan fingerprint density at radius 3 is 2.69 bits per heavy atom. The summed E-state index contributed by atoms with van der Waals surface area (Å²) in [6, 6.07) is 14.1. The standard InChI is InChI=1S/C32H37N7O3/c1-6-22-9-8-10-23(17-22)27-13-16-42-39(27)31-20-30(33-21-34-31)35-26-18-25(36-32(40)7-2)28(19-29(26)41-5)38-14-11-24(12-15-38)37(3)4/h1,7-10,17-21,24,27H,2,11-16H2,3-5H3,(H,36,40)(H,33,34,35)/t27-/m1/s1. The Labute approximate surface area is 247 Å². The normalized spacial score (nSPS) is 17.2. The molecule has 1 amide bonds. The molecule has 2 aromatic carbocycles. The maximum Gasteiger partial charge on any atom is 0.247 e. The Hall–Kier alpha value is -4.59. The molecule has 5 rings (SSSR count). The second-order valence-electron chi connectivity index (χ2n) is 10.6. The molecule has 0 unspecified atom stereocenters. The molecule has 1 aromatic heterocycles. The molecule has 0 radical (unpaired) electrons. The predicted octanol–water partition coefficient (Wildman–Crippen LogP) is 4.75. The van der Waals surface area contributed by atoms with Gasteiger partial charge in [-0.3, -0.25) is 9.63 Å². The Morgan fingerprint density at radius 1 is 1.17 bits per heavy atom. The third kappa shape index (κ3) is 6.33. The molecule has 0 aliphatic carbocycles. The first-order valence-corrected chi connectivity index (χ1v) is 14.0. The third-order valence-electron chi connectivity index (χ3n) is 7.78. The number of methoxy groups -OCH3 is 1. The second-order valence-corrected chi connectivity index (χ2v) is 10.6. The van der Waals surface area contributed by atoms with E-state index in [0.29, 0.717) is 41.4 Å². The first kappa shape index (κ1) is 28.9. The molecular formula is C32H37N7O3. The molecule has 3 heterocycles. The van der Waals surface area contributed by atoms with E-state index in [9.17, 15) is 4.79 Å². The first-order chi connectivity index (χ1) is 20.4. The highest BCUT2D eigenvalue weighted by Gasteiger charge is 2.30. The molecule has 3 aromatic rings. The summed E-state index contributed by atoms with van der Waals surface area (Å²) in [5.74, 6) is 4.20. The molecule has 10 nitrogen and oxygen atoms in total. The Bertz CT molecular complexity index is 1480. The number of carbonyl (C=O) groups excluding carboxylic acids is 1. The van der Waals surface area contributed by atoms with Crippen molar-refractivity contribution in [1.29, 1.82) is 0 Å². The lowest BCUT2D eigenvalue weighted by atomic mass is 10.0. The maximum absolute atomic E-state index is 12.4. The summed E-state index contributed by atoms with van der Waals surface area (Å²) >= 11 is 0. The highest BCUT2D eigenvalue weighted by Crippen LogP contribution is 2.40. The van der Waals surface area contributed by atoms with Crippen molar-refractivity contribution in [2.24, 2.45) is 0 Å². The van der Waals surface area contributed by atoms with E-state index >= 15 is 0 Å². The number of ether oxygens (including phenoxy) is 1. The van der Waals surface area contributed by atoms with Crippen molar-refractivity contribution < 1.29 is 14.4 Å². The summed E-state index contributed by atoms with van der Waals surface area (Å²) in [6.45, 7) is 5.92. The number of anilines is 5. The highest BCUT2D eigenvalue weighted by molar-refractivity contribution is 6.02. The van der Waals surface area contributed by atoms with Crippen LogP contribution in [0, 0.1) is 12.3 Å². The predicted molar refractivity (Wildman–Crippen MR) is 166 cm³/mol. The molecule has 0 saturated carbocycles. The summed E-state index contributed by atoms with van der Waals surface area (Å²) in [5.41, 5.74) is 4.09. The number of benzene rings is 2. The number of hydrogen-bond donors (Lipinski definition) is 2. The van der Waals surface area contributed by atoms with Crippen LogP contribution in [0.4, 0.5) is 28.7 Å². The monoisotopic (exact) mass is 567 g/mol. The molecule has 0 bridgehead atoms. The summed E-state index contributed by atoms with van der Waals surface area (Å²) in [4.78, 5) is 31.9. The van der Waals surface area contributed by atoms with E-state index < -0.39 is 0 Å². The van der Waals surface area contributed by atoms with Crippen molar-refractivity contribution in [3.63, 3.8) is 0 Å². The fourth-order valence-corrected chi connectivity index (χ4v) is 5.51. The number of hydroxylamine groups is 1. The average Bonchev–Trinajstić information content (AvgIpc) is 3.52. The molecule has 2 aliphatic heterocycles. The van der Waals surface area contributed by atoms with Crippen molar-refractivity contribution in [2.75, 3.05) is 61.5 Å². The Morgan fingerprint density at radius 2 is 1.98 bits per heavy atom. The summed E-state index contributed by atoms with van der Waals surface area (Å²) in [6.07, 6.45) is 11.2. The van der Waals surface area contributed by atoms with Gasteiger partial charge in [0.15, 0.2) is 5.82 Å². The third-order valence-corrected chi connectivity index (χ3v) is 7.78. The lowest BCUT2D eigenvalue weighted by Crippen LogP contribution is -2.42. The average molecular weight is 568 g/mol. The van der Waals surface area contributed by atoms with Gasteiger partial charge >= 0.3 is 0 Å². The molecule has 2 saturated heterocycles. The molecule has 42 heavy (non-hydrogen) atoms. The zero-order valence-corrected chi connectivity index (χ0v) is 24.3. The topological polar surface area (TPSA) is 95.1 Å². The number of piperidine rings is 1. The van der Waals surface area contributed by atoms with E-state index in [1.54, 1.807) is 12.2 Å². The minimum Gasteiger partial charge on any atom is -0.494 e. The van der Waals surface area contributed by atoms with Crippen LogP contribution < -0.4 is 25.3 Å². The van der Waals surface area contributed by atoms with Gasteiger partial charge in [0.2, 0.25) is 5.91 Å². The number of amides is 1. The molecule has 2 aliphatic rings. The van der Waals surface area contributed by atoms with Crippen molar-refractivity contribution >= 4 is 34.6 Å². The number of terminal acetylenes is 1. The Kier molecular flexibility index (Phi) is 8.91. The number of rotatable bonds is 9. The molecule has 218 valence electrons. The lowest BCUT2D eigenvalue weighted by Gasteiger charge is -2.37. The maximum atomic E-state index is 12.4. The van der Waals surface area contributed by atoms with Crippen molar-refractivity contribution in [2.45, 2.75) is 31.3 Å². The number of nitrogens with zero attached hydrogens (tertiary/aromatic N) is 5. The fourth-order valence-electron chi connectivity index (χ4n) is 5.51. The summed E-state index contributed by atoms with van der Waals surface area (Å²) in [5, 5.41) is 8.14. The van der Waals surface area contributed by atoms with Gasteiger partial charge in [-0.1, -0.05) is 24.6 Å². The van der Waals surface area contributed by atoms with Crippen LogP contribution in [0.15, 0.2) is 61.4 Å². The molecule has 2 N–H and O–H groups in total. The van der Waals surface area contributed by atoms with Crippen LogP contribution in [0.2, 0.25) is 0 Å². The summed E-state index contributed by atoms with van der Waals surface area (Å²) in [7, 11) is 5.86. The van der Waals surface area contributed by atoms with Crippen LogP contribution in [0.3, 0.4) is 0 Å². The Balaban J connectivity index is 1.42. The minimum atomic E-state index is -0.286. The van der Waals surface area contributed by atoms with Gasteiger partial charge in [0, 0.05) is 43.2 Å². The summed E-state index contributed by atoms with van der Waals surface area (Å²) < 4.78 is 5.80. The van der Waals surface area contributed by atoms with E-state index in [1.165, 1.54) is 12.4 Å². The second kappa shape index (κ2) is 12.9. The number of carbonyl (C=O) groups is 1. The van der Waals surface area contributed by atoms with E-state index in [-0.39, 0.29) is 11.9 Å². The van der Waals surface area contributed by atoms with Crippen molar-refractivity contribution in [3.8, 4) is 18.1 Å². The van der Waals surface area contributed by atoms with Crippen LogP contribution in [0.1, 0.15) is 36.4 Å². The van der Waals surface area contributed by atoms with E-state index in [4.69, 9.17) is 16.0 Å². The van der Waals surface area contributed by atoms with Crippen LogP contribution in [0.5, 0.6) is 5.75 Å². The van der Waals surface area contributed by atoms with Gasteiger partial charge in [-0.25, -0.2) is 15.0 Å². The van der Waals surface area contributed by atoms with Crippen LogP contribution >= 0.6 is 0 Å². The zero-order valence-electron chi connectivity index (χ0n) is 24.3. The number of hydrogen-bond acceptors (Lipinski definition) is 9. The van der Waals surface area contributed by atoms with Crippen LogP contribution in [0.25, 0.3) is 0 Å². The fraction of sp³-hybridized carbons (Fsp3) is 0.344. The van der Waals surface area contributed by atoms with Gasteiger partial charge in [0.25, 0.3) is 0 Å². The van der Waals surface area contributed by atoms with Gasteiger partial charge in [0.1, 0.15) is 17.9 Å². The minimum absolute atomic E-state index is 0.0350. The molecule has 10 heteroatoms. The molecule has 0 spiro atoms. The zero-order chi connectivity index (χ0) is 29.6. The molecule has 1 atom stereocenters. The number of nitrogens with one attached hydrogen (secondary N) is 2. The van der Waals surface area contributed by atoms with Crippen LogP contribution in [-0.2, 0) is 9.63 Å². The lowest BCUT2D eigenvalue weighted by molar-refractivity contribution is -0.111. The van der Waals surface area contributed by atoms with E-state index in [1.807, 2.05) is 42.5 Å². The van der Waals surface area contributed by atoms with E-state index in [2.05, 4.69) is 57.0 Å². The van der Waals surface area contributed by atoms with Crippen LogP contribution in [-0.4, -0.2) is 67.7 Å². The number of aromatic nitrogens is 2.